The number of aromatic amines is 1. The zero-order valence-electron chi connectivity index (χ0n) is 12.8. The molecule has 0 bridgehead atoms. The summed E-state index contributed by atoms with van der Waals surface area (Å²) in [6, 6.07) is 7.48. The first-order valence-corrected chi connectivity index (χ1v) is 7.24. The first kappa shape index (κ1) is 15.7. The number of nitrogens with zero attached hydrogens (tertiary/aromatic N) is 3. The van der Waals surface area contributed by atoms with E-state index in [0.717, 1.165) is 24.0 Å². The molecular weight excluding hydrogens is 316 g/mol. The Morgan fingerprint density at radius 3 is 3.00 bits per heavy atom. The zero-order valence-corrected chi connectivity index (χ0v) is 12.8. The van der Waals surface area contributed by atoms with Crippen LogP contribution in [-0.4, -0.2) is 33.4 Å². The fourth-order valence-electron chi connectivity index (χ4n) is 2.79. The third kappa shape index (κ3) is 2.71. The van der Waals surface area contributed by atoms with Gasteiger partial charge < -0.3 is 14.6 Å². The number of hydrogen-bond donors (Lipinski definition) is 1. The number of ether oxygens (including phenoxy) is 1. The van der Waals surface area contributed by atoms with Gasteiger partial charge in [-0.1, -0.05) is 18.2 Å². The minimum atomic E-state index is -0.933. The van der Waals surface area contributed by atoms with E-state index in [0.29, 0.717) is 0 Å². The van der Waals surface area contributed by atoms with Crippen LogP contribution in [-0.2, 0) is 11.2 Å². The standard InChI is InChI=1S/C15H14N4O5/c1-9-6-10-4-2-3-5-11(10)18(9)12(20)7-24-15-13(19(22)23)14(21)16-8-17-15/h2-5,8-9H,6-7H2,1H3,(H,16,17,21)/t9-/m1/s1. The predicted octanol–water partition coefficient (Wildman–Crippen LogP) is 1.03. The van der Waals surface area contributed by atoms with Gasteiger partial charge in [0.15, 0.2) is 6.61 Å². The summed E-state index contributed by atoms with van der Waals surface area (Å²) in [6.45, 7) is 1.46. The second kappa shape index (κ2) is 6.11. The van der Waals surface area contributed by atoms with Crippen LogP contribution in [0, 0.1) is 10.1 Å². The molecular formula is C15H14N4O5. The number of amides is 1. The average molecular weight is 330 g/mol. The predicted molar refractivity (Wildman–Crippen MR) is 84.1 cm³/mol. The molecule has 0 saturated carbocycles. The number of carbonyl (C=O) groups is 1. The molecule has 0 spiro atoms. The SMILES string of the molecule is C[C@@H]1Cc2ccccc2N1C(=O)COc1nc[nH]c(=O)c1[N+](=O)[O-]. The summed E-state index contributed by atoms with van der Waals surface area (Å²) >= 11 is 0. The largest absolute Gasteiger partial charge is 0.462 e. The molecule has 0 saturated heterocycles. The van der Waals surface area contributed by atoms with Gasteiger partial charge >= 0.3 is 17.1 Å². The number of para-hydroxylation sites is 1. The van der Waals surface area contributed by atoms with E-state index in [4.69, 9.17) is 4.74 Å². The number of fused-ring (bicyclic) bond motifs is 1. The van der Waals surface area contributed by atoms with Crippen molar-refractivity contribution in [2.75, 3.05) is 11.5 Å². The van der Waals surface area contributed by atoms with E-state index >= 15 is 0 Å². The van der Waals surface area contributed by atoms with Crippen molar-refractivity contribution in [2.24, 2.45) is 0 Å². The van der Waals surface area contributed by atoms with Crippen LogP contribution in [0.1, 0.15) is 12.5 Å². The maximum absolute atomic E-state index is 12.5. The Balaban J connectivity index is 1.79. The van der Waals surface area contributed by atoms with Gasteiger partial charge in [-0.3, -0.25) is 19.7 Å². The van der Waals surface area contributed by atoms with E-state index < -0.39 is 28.7 Å². The van der Waals surface area contributed by atoms with Gasteiger partial charge in [-0.05, 0) is 25.0 Å². The van der Waals surface area contributed by atoms with Crippen LogP contribution in [0.4, 0.5) is 11.4 Å². The van der Waals surface area contributed by atoms with Crippen molar-refractivity contribution >= 4 is 17.3 Å². The number of hydrogen-bond acceptors (Lipinski definition) is 6. The maximum atomic E-state index is 12.5. The molecule has 1 aliphatic heterocycles. The van der Waals surface area contributed by atoms with Crippen LogP contribution in [0.3, 0.4) is 0 Å². The van der Waals surface area contributed by atoms with Crippen molar-refractivity contribution in [2.45, 2.75) is 19.4 Å². The smallest absolute Gasteiger partial charge is 0.395 e. The second-order valence-electron chi connectivity index (χ2n) is 5.38. The van der Waals surface area contributed by atoms with E-state index in [-0.39, 0.29) is 11.9 Å². The fourth-order valence-corrected chi connectivity index (χ4v) is 2.79. The highest BCUT2D eigenvalue weighted by Crippen LogP contribution is 2.31. The number of carbonyl (C=O) groups excluding carboxylic acids is 1. The molecule has 24 heavy (non-hydrogen) atoms. The van der Waals surface area contributed by atoms with Gasteiger partial charge in [0, 0.05) is 11.7 Å². The van der Waals surface area contributed by atoms with E-state index in [1.54, 1.807) is 4.90 Å². The molecule has 1 aromatic carbocycles. The highest BCUT2D eigenvalue weighted by molar-refractivity contribution is 5.97. The number of H-pyrrole nitrogens is 1. The highest BCUT2D eigenvalue weighted by atomic mass is 16.6. The lowest BCUT2D eigenvalue weighted by atomic mass is 10.1. The molecule has 1 aromatic heterocycles. The van der Waals surface area contributed by atoms with Crippen LogP contribution in [0.5, 0.6) is 5.88 Å². The summed E-state index contributed by atoms with van der Waals surface area (Å²) in [6.07, 6.45) is 1.72. The van der Waals surface area contributed by atoms with Crippen molar-refractivity contribution in [3.8, 4) is 5.88 Å². The molecule has 0 fully saturated rings. The van der Waals surface area contributed by atoms with Gasteiger partial charge in [-0.15, -0.1) is 0 Å². The molecule has 3 rings (SSSR count). The minimum Gasteiger partial charge on any atom is -0.462 e. The van der Waals surface area contributed by atoms with E-state index in [2.05, 4.69) is 9.97 Å². The summed E-state index contributed by atoms with van der Waals surface area (Å²) < 4.78 is 5.15. The molecule has 1 aliphatic rings. The number of aromatic nitrogens is 2. The van der Waals surface area contributed by atoms with Gasteiger partial charge in [0.05, 0.1) is 11.3 Å². The number of nitrogens with one attached hydrogen (secondary N) is 1. The van der Waals surface area contributed by atoms with E-state index in [1.807, 2.05) is 31.2 Å². The zero-order chi connectivity index (χ0) is 17.3. The summed E-state index contributed by atoms with van der Waals surface area (Å²) in [5.74, 6) is -0.832. The number of nitro groups is 1. The van der Waals surface area contributed by atoms with Gasteiger partial charge in [-0.2, -0.15) is 4.98 Å². The van der Waals surface area contributed by atoms with Crippen LogP contribution in [0.2, 0.25) is 0 Å². The molecule has 9 heteroatoms. The van der Waals surface area contributed by atoms with Crippen LogP contribution in [0.15, 0.2) is 35.4 Å². The Labute approximate surface area is 136 Å². The van der Waals surface area contributed by atoms with Crippen LogP contribution < -0.4 is 15.2 Å². The molecule has 0 radical (unpaired) electrons. The van der Waals surface area contributed by atoms with E-state index in [9.17, 15) is 19.7 Å². The summed E-state index contributed by atoms with van der Waals surface area (Å²) in [4.78, 5) is 41.3. The third-order valence-corrected chi connectivity index (χ3v) is 3.79. The topological polar surface area (TPSA) is 118 Å². The van der Waals surface area contributed by atoms with Gasteiger partial charge in [0.2, 0.25) is 0 Å². The van der Waals surface area contributed by atoms with Crippen molar-refractivity contribution in [1.82, 2.24) is 9.97 Å². The molecule has 2 heterocycles. The van der Waals surface area contributed by atoms with Crippen LogP contribution in [0.25, 0.3) is 0 Å². The first-order valence-electron chi connectivity index (χ1n) is 7.24. The molecule has 1 amide bonds. The van der Waals surface area contributed by atoms with Crippen molar-refractivity contribution < 1.29 is 14.5 Å². The normalized spacial score (nSPS) is 15.9. The second-order valence-corrected chi connectivity index (χ2v) is 5.38. The molecule has 9 nitrogen and oxygen atoms in total. The highest BCUT2D eigenvalue weighted by Gasteiger charge is 2.31. The molecule has 1 atom stereocenters. The summed E-state index contributed by atoms with van der Waals surface area (Å²) in [7, 11) is 0. The van der Waals surface area contributed by atoms with E-state index in [1.165, 1.54) is 0 Å². The lowest BCUT2D eigenvalue weighted by molar-refractivity contribution is -0.387. The molecule has 124 valence electrons. The Kier molecular flexibility index (Phi) is 3.98. The third-order valence-electron chi connectivity index (χ3n) is 3.79. The lowest BCUT2D eigenvalue weighted by Gasteiger charge is -2.22. The van der Waals surface area contributed by atoms with Gasteiger partial charge in [0.25, 0.3) is 5.91 Å². The quantitative estimate of drug-likeness (QED) is 0.661. The molecule has 2 aromatic rings. The Morgan fingerprint density at radius 2 is 2.25 bits per heavy atom. The average Bonchev–Trinajstić information content (AvgIpc) is 2.88. The minimum absolute atomic E-state index is 0.0411. The monoisotopic (exact) mass is 330 g/mol. The molecule has 0 aliphatic carbocycles. The fraction of sp³-hybridized carbons (Fsp3) is 0.267. The summed E-state index contributed by atoms with van der Waals surface area (Å²) in [5, 5.41) is 10.9. The van der Waals surface area contributed by atoms with Gasteiger partial charge in [-0.25, -0.2) is 0 Å². The Bertz CT molecular complexity index is 863. The number of benzene rings is 1. The molecule has 1 N–H and O–H groups in total. The Hall–Kier alpha value is -3.23. The van der Waals surface area contributed by atoms with Crippen molar-refractivity contribution in [3.63, 3.8) is 0 Å². The number of anilines is 1. The van der Waals surface area contributed by atoms with Crippen molar-refractivity contribution in [1.29, 1.82) is 0 Å². The Morgan fingerprint density at radius 1 is 1.50 bits per heavy atom. The first-order chi connectivity index (χ1) is 11.5. The van der Waals surface area contributed by atoms with Crippen LogP contribution >= 0.6 is 0 Å². The maximum Gasteiger partial charge on any atom is 0.395 e. The van der Waals surface area contributed by atoms with Crippen molar-refractivity contribution in [3.05, 3.63) is 56.6 Å². The summed E-state index contributed by atoms with van der Waals surface area (Å²) in [5.41, 5.74) is 0.100. The molecule has 0 unspecified atom stereocenters. The number of rotatable bonds is 4. The lowest BCUT2D eigenvalue weighted by Crippen LogP contribution is -2.39. The van der Waals surface area contributed by atoms with Gasteiger partial charge in [0.1, 0.15) is 0 Å².